The minimum atomic E-state index is -0.800. The van der Waals surface area contributed by atoms with E-state index >= 15 is 0 Å². The van der Waals surface area contributed by atoms with Gasteiger partial charge in [0.15, 0.2) is 0 Å². The van der Waals surface area contributed by atoms with Crippen LogP contribution in [0.25, 0.3) is 0 Å². The molecular weight excluding hydrogens is 328 g/mol. The summed E-state index contributed by atoms with van der Waals surface area (Å²) in [5.41, 5.74) is 3.40. The summed E-state index contributed by atoms with van der Waals surface area (Å²) in [6, 6.07) is 9.68. The lowest BCUT2D eigenvalue weighted by Gasteiger charge is -2.27. The molecule has 1 aliphatic rings. The zero-order chi connectivity index (χ0) is 18.9. The predicted molar refractivity (Wildman–Crippen MR) is 98.4 cm³/mol. The average molecular weight is 352 g/mol. The van der Waals surface area contributed by atoms with Gasteiger partial charge >= 0.3 is 5.97 Å². The number of hydrogen-bond donors (Lipinski definition) is 1. The summed E-state index contributed by atoms with van der Waals surface area (Å²) in [7, 11) is 0. The highest BCUT2D eigenvalue weighted by Gasteiger charge is 2.46. The third-order valence-corrected chi connectivity index (χ3v) is 4.98. The second-order valence-corrected chi connectivity index (χ2v) is 7.42. The monoisotopic (exact) mass is 352 g/mol. The van der Waals surface area contributed by atoms with E-state index in [9.17, 15) is 9.59 Å². The molecular formula is C21H24N2O3. The fourth-order valence-corrected chi connectivity index (χ4v) is 3.44. The molecule has 5 heteroatoms. The molecule has 1 saturated heterocycles. The second kappa shape index (κ2) is 6.90. The Kier molecular flexibility index (Phi) is 4.81. The highest BCUT2D eigenvalue weighted by atomic mass is 16.6. The van der Waals surface area contributed by atoms with Crippen LogP contribution in [0.1, 0.15) is 48.6 Å². The minimum Gasteiger partial charge on any atom is -0.459 e. The zero-order valence-corrected chi connectivity index (χ0v) is 15.6. The molecule has 0 spiro atoms. The lowest BCUT2D eigenvalue weighted by atomic mass is 9.88. The van der Waals surface area contributed by atoms with Gasteiger partial charge in [-0.15, -0.1) is 0 Å². The highest BCUT2D eigenvalue weighted by Crippen LogP contribution is 2.34. The molecule has 3 rings (SSSR count). The van der Waals surface area contributed by atoms with Crippen molar-refractivity contribution in [3.05, 3.63) is 65.0 Å². The first-order chi connectivity index (χ1) is 12.3. The minimum absolute atomic E-state index is 0.106. The van der Waals surface area contributed by atoms with Crippen LogP contribution in [0.3, 0.4) is 0 Å². The average Bonchev–Trinajstić information content (AvgIpc) is 2.88. The van der Waals surface area contributed by atoms with Gasteiger partial charge in [0.05, 0.1) is 18.4 Å². The van der Waals surface area contributed by atoms with Gasteiger partial charge < -0.3 is 10.1 Å². The number of benzene rings is 1. The second-order valence-electron chi connectivity index (χ2n) is 7.42. The number of esters is 1. The van der Waals surface area contributed by atoms with Gasteiger partial charge in [-0.05, 0) is 56.5 Å². The lowest BCUT2D eigenvalue weighted by molar-refractivity contribution is -0.147. The molecule has 1 N–H and O–H groups in total. The van der Waals surface area contributed by atoms with Crippen molar-refractivity contribution < 1.29 is 14.3 Å². The molecule has 0 saturated carbocycles. The summed E-state index contributed by atoms with van der Waals surface area (Å²) in [6.45, 7) is 7.62. The Hall–Kier alpha value is -2.69. The number of carbonyl (C=O) groups is 2. The van der Waals surface area contributed by atoms with Gasteiger partial charge in [-0.1, -0.05) is 23.8 Å². The maximum atomic E-state index is 13.0. The Morgan fingerprint density at radius 1 is 1.23 bits per heavy atom. The molecule has 136 valence electrons. The van der Waals surface area contributed by atoms with E-state index in [1.54, 1.807) is 26.2 Å². The quantitative estimate of drug-likeness (QED) is 0.858. The molecule has 5 nitrogen and oxygen atoms in total. The van der Waals surface area contributed by atoms with E-state index in [2.05, 4.69) is 28.5 Å². The highest BCUT2D eigenvalue weighted by molar-refractivity contribution is 5.88. The predicted octanol–water partition coefficient (Wildman–Crippen LogP) is 3.25. The summed E-state index contributed by atoms with van der Waals surface area (Å²) in [5, 5.41) is 3.14. The third-order valence-electron chi connectivity index (χ3n) is 4.98. The number of ether oxygens (including phenoxy) is 1. The zero-order valence-electron chi connectivity index (χ0n) is 15.6. The van der Waals surface area contributed by atoms with Crippen LogP contribution < -0.4 is 5.32 Å². The van der Waals surface area contributed by atoms with Crippen molar-refractivity contribution >= 4 is 11.9 Å². The van der Waals surface area contributed by atoms with E-state index in [4.69, 9.17) is 4.74 Å². The molecule has 2 atom stereocenters. The van der Waals surface area contributed by atoms with Crippen LogP contribution in [-0.2, 0) is 14.3 Å². The van der Waals surface area contributed by atoms with E-state index in [-0.39, 0.29) is 24.3 Å². The SMILES string of the molecule is Cc1ccc(C)c(C(NC(=O)C2CC(=O)OC2(C)C)c2ccncc2)c1. The van der Waals surface area contributed by atoms with Gasteiger partial charge in [-0.2, -0.15) is 0 Å². The number of hydrogen-bond acceptors (Lipinski definition) is 4. The Labute approximate surface area is 153 Å². The molecule has 1 fully saturated rings. The number of nitrogens with zero attached hydrogens (tertiary/aromatic N) is 1. The van der Waals surface area contributed by atoms with Crippen LogP contribution in [0.5, 0.6) is 0 Å². The molecule has 0 radical (unpaired) electrons. The first-order valence-corrected chi connectivity index (χ1v) is 8.77. The molecule has 2 aromatic rings. The molecule has 1 aliphatic heterocycles. The van der Waals surface area contributed by atoms with Crippen LogP contribution in [-0.4, -0.2) is 22.5 Å². The number of pyridine rings is 1. The number of aryl methyl sites for hydroxylation is 2. The van der Waals surface area contributed by atoms with E-state index in [1.165, 1.54) is 0 Å². The van der Waals surface area contributed by atoms with Crippen molar-refractivity contribution in [2.45, 2.75) is 45.8 Å². The van der Waals surface area contributed by atoms with Crippen LogP contribution >= 0.6 is 0 Å². The van der Waals surface area contributed by atoms with Gasteiger partial charge in [0.1, 0.15) is 5.60 Å². The Morgan fingerprint density at radius 3 is 2.54 bits per heavy atom. The van der Waals surface area contributed by atoms with Crippen LogP contribution in [0.2, 0.25) is 0 Å². The maximum absolute atomic E-state index is 13.0. The number of amides is 1. The molecule has 26 heavy (non-hydrogen) atoms. The molecule has 1 amide bonds. The summed E-state index contributed by atoms with van der Waals surface area (Å²) in [4.78, 5) is 28.8. The number of rotatable bonds is 4. The summed E-state index contributed by atoms with van der Waals surface area (Å²) >= 11 is 0. The summed E-state index contributed by atoms with van der Waals surface area (Å²) < 4.78 is 5.31. The first kappa shape index (κ1) is 18.1. The van der Waals surface area contributed by atoms with E-state index in [0.29, 0.717) is 0 Å². The topological polar surface area (TPSA) is 68.3 Å². The largest absolute Gasteiger partial charge is 0.459 e. The van der Waals surface area contributed by atoms with Crippen LogP contribution in [0, 0.1) is 19.8 Å². The Bertz CT molecular complexity index is 830. The van der Waals surface area contributed by atoms with Crippen molar-refractivity contribution in [2.75, 3.05) is 0 Å². The van der Waals surface area contributed by atoms with Gasteiger partial charge in [-0.3, -0.25) is 14.6 Å². The van der Waals surface area contributed by atoms with Gasteiger partial charge in [0.2, 0.25) is 5.91 Å². The van der Waals surface area contributed by atoms with Crippen molar-refractivity contribution in [3.63, 3.8) is 0 Å². The smallest absolute Gasteiger partial charge is 0.307 e. The van der Waals surface area contributed by atoms with E-state index in [1.807, 2.05) is 26.0 Å². The van der Waals surface area contributed by atoms with Gasteiger partial charge in [0.25, 0.3) is 0 Å². The molecule has 1 aromatic heterocycles. The number of nitrogens with one attached hydrogen (secondary N) is 1. The summed E-state index contributed by atoms with van der Waals surface area (Å²) in [6.07, 6.45) is 3.53. The normalized spacial score (nSPS) is 19.7. The Balaban J connectivity index is 1.96. The first-order valence-electron chi connectivity index (χ1n) is 8.77. The fraction of sp³-hybridized carbons (Fsp3) is 0.381. The van der Waals surface area contributed by atoms with Crippen LogP contribution in [0.15, 0.2) is 42.7 Å². The maximum Gasteiger partial charge on any atom is 0.307 e. The van der Waals surface area contributed by atoms with Crippen LogP contribution in [0.4, 0.5) is 0 Å². The molecule has 0 aliphatic carbocycles. The number of carbonyl (C=O) groups excluding carboxylic acids is 2. The van der Waals surface area contributed by atoms with E-state index in [0.717, 1.165) is 22.3 Å². The fourth-order valence-electron chi connectivity index (χ4n) is 3.44. The van der Waals surface area contributed by atoms with Crippen molar-refractivity contribution in [1.29, 1.82) is 0 Å². The van der Waals surface area contributed by atoms with E-state index < -0.39 is 11.5 Å². The van der Waals surface area contributed by atoms with Crippen molar-refractivity contribution in [3.8, 4) is 0 Å². The molecule has 2 heterocycles. The number of cyclic esters (lactones) is 1. The third kappa shape index (κ3) is 3.62. The van der Waals surface area contributed by atoms with Crippen molar-refractivity contribution in [2.24, 2.45) is 5.92 Å². The lowest BCUT2D eigenvalue weighted by Crippen LogP contribution is -2.42. The van der Waals surface area contributed by atoms with Gasteiger partial charge in [-0.25, -0.2) is 0 Å². The standard InChI is InChI=1S/C21H24N2O3/c1-13-5-6-14(2)16(11-13)19(15-7-9-22-10-8-15)23-20(25)17-12-18(24)26-21(17,3)4/h5-11,17,19H,12H2,1-4H3,(H,23,25). The van der Waals surface area contributed by atoms with Gasteiger partial charge in [0, 0.05) is 12.4 Å². The molecule has 1 aromatic carbocycles. The number of aromatic nitrogens is 1. The van der Waals surface area contributed by atoms with Crippen molar-refractivity contribution in [1.82, 2.24) is 10.3 Å². The molecule has 2 unspecified atom stereocenters. The Morgan fingerprint density at radius 2 is 1.92 bits per heavy atom. The summed E-state index contributed by atoms with van der Waals surface area (Å²) in [5.74, 6) is -1.02. The molecule has 0 bridgehead atoms.